The molecule has 0 spiro atoms. The molecule has 0 aliphatic carbocycles. The number of esters is 2. The molecule has 2 heterocycles. The van der Waals surface area contributed by atoms with Crippen molar-refractivity contribution in [2.45, 2.75) is 0 Å². The highest BCUT2D eigenvalue weighted by molar-refractivity contribution is 6.23. The first kappa shape index (κ1) is 42.4. The summed E-state index contributed by atoms with van der Waals surface area (Å²) in [6.45, 7) is 0. The van der Waals surface area contributed by atoms with E-state index < -0.39 is 23.2 Å². The molecule has 326 valence electrons. The van der Waals surface area contributed by atoms with Crippen LogP contribution in [-0.4, -0.2) is 23.5 Å². The zero-order valence-corrected chi connectivity index (χ0v) is 35.7. The molecule has 1 aliphatic heterocycles. The second-order valence-electron chi connectivity index (χ2n) is 15.7. The summed E-state index contributed by atoms with van der Waals surface area (Å²) < 4.78 is 23.3. The van der Waals surface area contributed by atoms with Crippen LogP contribution in [0.4, 0.5) is 0 Å². The van der Waals surface area contributed by atoms with E-state index in [0.29, 0.717) is 22.6 Å². The number of rotatable bonds is 12. The number of benzene rings is 8. The van der Waals surface area contributed by atoms with Crippen LogP contribution in [0, 0.1) is 0 Å². The van der Waals surface area contributed by atoms with Crippen molar-refractivity contribution >= 4 is 57.2 Å². The smallest absolute Gasteiger partial charge is 0.347 e. The molecule has 8 aromatic carbocycles. The van der Waals surface area contributed by atoms with Gasteiger partial charge in [-0.15, -0.1) is 0 Å². The molecule has 0 N–H and O–H groups in total. The fourth-order valence-electron chi connectivity index (χ4n) is 7.98. The molecule has 9 aromatic rings. The van der Waals surface area contributed by atoms with Crippen LogP contribution in [-0.2, 0) is 4.74 Å². The third-order valence-corrected chi connectivity index (χ3v) is 11.4. The molecule has 0 amide bonds. The summed E-state index contributed by atoms with van der Waals surface area (Å²) in [5, 5.41) is -0.700. The monoisotopic (exact) mass is 890 g/mol. The Bertz CT molecular complexity index is 3410. The Morgan fingerprint density at radius 3 is 1.10 bits per heavy atom. The van der Waals surface area contributed by atoms with Gasteiger partial charge in [0.2, 0.25) is 0 Å². The van der Waals surface area contributed by atoms with Crippen LogP contribution >= 0.6 is 0 Å². The molecule has 10 rings (SSSR count). The lowest BCUT2D eigenvalue weighted by atomic mass is 9.99. The third kappa shape index (κ3) is 8.56. The average Bonchev–Trinajstić information content (AvgIpc) is 3.48. The van der Waals surface area contributed by atoms with Gasteiger partial charge in [-0.05, 0) is 94.1 Å². The van der Waals surface area contributed by atoms with Gasteiger partial charge < -0.3 is 18.6 Å². The fourth-order valence-corrected chi connectivity index (χ4v) is 7.98. The summed E-state index contributed by atoms with van der Waals surface area (Å²) in [5.74, 6) is -1.60. The summed E-state index contributed by atoms with van der Waals surface area (Å²) in [7, 11) is 0. The molecule has 0 atom stereocenters. The van der Waals surface area contributed by atoms with Crippen molar-refractivity contribution in [2.24, 2.45) is 0 Å². The quantitative estimate of drug-likeness (QED) is 0.0503. The molecule has 0 saturated heterocycles. The number of hydrogen-bond acceptors (Lipinski definition) is 10. The van der Waals surface area contributed by atoms with Gasteiger partial charge in [0.05, 0.1) is 21.9 Å². The maximum Gasteiger partial charge on any atom is 0.347 e. The molecular formula is C58H34O10. The number of carbonyl (C=O) groups excluding carboxylic acids is 4. The van der Waals surface area contributed by atoms with Crippen molar-refractivity contribution in [3.05, 3.63) is 248 Å². The molecule has 10 heteroatoms. The molecule has 0 fully saturated rings. The zero-order valence-electron chi connectivity index (χ0n) is 35.7. The van der Waals surface area contributed by atoms with E-state index in [2.05, 4.69) is 0 Å². The van der Waals surface area contributed by atoms with Crippen molar-refractivity contribution < 1.29 is 37.8 Å². The summed E-state index contributed by atoms with van der Waals surface area (Å²) in [6, 6.07) is 53.2. The van der Waals surface area contributed by atoms with Crippen LogP contribution in [0.1, 0.15) is 52.6 Å². The van der Waals surface area contributed by atoms with E-state index in [-0.39, 0.29) is 55.7 Å². The Balaban J connectivity index is 0.964. The lowest BCUT2D eigenvalue weighted by molar-refractivity contribution is 0.0399. The first-order chi connectivity index (χ1) is 33.2. The number of carbonyl (C=O) groups is 4. The van der Waals surface area contributed by atoms with Gasteiger partial charge in [0, 0.05) is 21.9 Å². The summed E-state index contributed by atoms with van der Waals surface area (Å²) in [4.78, 5) is 79.6. The summed E-state index contributed by atoms with van der Waals surface area (Å²) in [5.41, 5.74) is 3.53. The number of ketones is 2. The number of hydrogen-bond donors (Lipinski definition) is 0. The lowest BCUT2D eigenvalue weighted by Crippen LogP contribution is -2.18. The molecule has 10 nitrogen and oxygen atoms in total. The largest absolute Gasteiger partial charge is 0.457 e. The van der Waals surface area contributed by atoms with Crippen molar-refractivity contribution in [1.29, 1.82) is 0 Å². The maximum atomic E-state index is 13.8. The highest BCUT2D eigenvalue weighted by Gasteiger charge is 2.30. The molecule has 0 saturated carbocycles. The predicted molar refractivity (Wildman–Crippen MR) is 260 cm³/mol. The van der Waals surface area contributed by atoms with Gasteiger partial charge in [0.1, 0.15) is 23.0 Å². The van der Waals surface area contributed by atoms with Crippen molar-refractivity contribution in [3.8, 4) is 45.3 Å². The Hall–Kier alpha value is -9.54. The first-order valence-electron chi connectivity index (χ1n) is 21.4. The van der Waals surface area contributed by atoms with E-state index in [9.17, 15) is 28.8 Å². The number of ether oxygens (including phenoxy) is 3. The topological polar surface area (TPSA) is 143 Å². The Labute approximate surface area is 387 Å². The Kier molecular flexibility index (Phi) is 11.3. The lowest BCUT2D eigenvalue weighted by Gasteiger charge is -2.13. The van der Waals surface area contributed by atoms with Gasteiger partial charge >= 0.3 is 23.2 Å². The molecule has 0 radical (unpaired) electrons. The Morgan fingerprint density at radius 2 is 0.735 bits per heavy atom. The van der Waals surface area contributed by atoms with E-state index in [1.807, 2.05) is 109 Å². The molecular weight excluding hydrogens is 857 g/mol. The Morgan fingerprint density at radius 1 is 0.382 bits per heavy atom. The van der Waals surface area contributed by atoms with Crippen LogP contribution in [0.25, 0.3) is 56.0 Å². The minimum Gasteiger partial charge on any atom is -0.457 e. The number of cyclic esters (lactones) is 2. The van der Waals surface area contributed by atoms with E-state index >= 15 is 0 Å². The average molecular weight is 891 g/mol. The fraction of sp³-hybridized carbons (Fsp3) is 0. The van der Waals surface area contributed by atoms with E-state index in [1.165, 1.54) is 36.4 Å². The normalized spacial score (nSPS) is 12.1. The van der Waals surface area contributed by atoms with Crippen molar-refractivity contribution in [3.63, 3.8) is 0 Å². The SMILES string of the molecule is O=C(C=Cc1ccc(-c2ccc(Oc3ccc4c5c(=O)oc(=O)c6c(ccc(Oc7ccc(-c8ccc(C=CC(=O)c9ccccc9)cc8)cc7)c6c35)C(=O)OC4=O)cc2)cc1)c1ccccc1. The number of allylic oxidation sites excluding steroid dienone is 2. The standard InChI is InChI=1S/C58H34O10/c59-47(41-7-3-1-4-8-41)31-15-35-11-17-37(18-12-35)39-21-25-43(26-22-39)65-49-33-29-45-51-53(49)54-50(34-30-46(56(62)67-55(45)61)52(54)58(64)68-57(51)63)66-44-27-23-40(24-28-44)38-19-13-36(14-20-38)16-32-48(60)42-9-5-2-6-10-42/h1-34H. The minimum absolute atomic E-state index is 0.00783. The predicted octanol–water partition coefficient (Wildman–Crippen LogP) is 12.3. The van der Waals surface area contributed by atoms with E-state index in [1.54, 1.807) is 60.7 Å². The van der Waals surface area contributed by atoms with Crippen molar-refractivity contribution in [1.82, 2.24) is 0 Å². The van der Waals surface area contributed by atoms with Crippen LogP contribution in [0.5, 0.6) is 23.0 Å². The highest BCUT2D eigenvalue weighted by atomic mass is 16.6. The summed E-state index contributed by atoms with van der Waals surface area (Å²) in [6.07, 6.45) is 6.60. The minimum atomic E-state index is -1.14. The van der Waals surface area contributed by atoms with E-state index in [4.69, 9.17) is 18.6 Å². The van der Waals surface area contributed by atoms with Crippen LogP contribution in [0.15, 0.2) is 208 Å². The molecule has 0 unspecified atom stereocenters. The zero-order chi connectivity index (χ0) is 46.7. The molecule has 68 heavy (non-hydrogen) atoms. The van der Waals surface area contributed by atoms with Crippen LogP contribution in [0.2, 0.25) is 0 Å². The second-order valence-corrected chi connectivity index (χ2v) is 15.7. The maximum absolute atomic E-state index is 13.8. The highest BCUT2D eigenvalue weighted by Crippen LogP contribution is 2.42. The van der Waals surface area contributed by atoms with Gasteiger partial charge in [-0.2, -0.15) is 0 Å². The van der Waals surface area contributed by atoms with Gasteiger partial charge in [-0.3, -0.25) is 9.59 Å². The second kappa shape index (κ2) is 18.1. The van der Waals surface area contributed by atoms with E-state index in [0.717, 1.165) is 33.4 Å². The third-order valence-electron chi connectivity index (χ3n) is 11.4. The van der Waals surface area contributed by atoms with Gasteiger partial charge in [-0.1, -0.05) is 146 Å². The molecule has 6 bridgehead atoms. The van der Waals surface area contributed by atoms with Gasteiger partial charge in [0.15, 0.2) is 11.6 Å². The summed E-state index contributed by atoms with van der Waals surface area (Å²) >= 11 is 0. The van der Waals surface area contributed by atoms with Gasteiger partial charge in [0.25, 0.3) is 0 Å². The molecule has 1 aromatic heterocycles. The van der Waals surface area contributed by atoms with Crippen LogP contribution < -0.4 is 20.7 Å². The van der Waals surface area contributed by atoms with Gasteiger partial charge in [-0.25, -0.2) is 19.2 Å². The molecule has 1 aliphatic rings. The van der Waals surface area contributed by atoms with Crippen LogP contribution in [0.3, 0.4) is 0 Å². The van der Waals surface area contributed by atoms with Crippen molar-refractivity contribution in [2.75, 3.05) is 0 Å². The first-order valence-corrected chi connectivity index (χ1v) is 21.4.